The summed E-state index contributed by atoms with van der Waals surface area (Å²) >= 11 is 7.41. The van der Waals surface area contributed by atoms with Gasteiger partial charge in [0.2, 0.25) is 5.91 Å². The van der Waals surface area contributed by atoms with Crippen molar-refractivity contribution in [1.82, 2.24) is 20.1 Å². The van der Waals surface area contributed by atoms with Gasteiger partial charge >= 0.3 is 0 Å². The van der Waals surface area contributed by atoms with Gasteiger partial charge < -0.3 is 9.88 Å². The molecule has 1 N–H and O–H groups in total. The number of aromatic nitrogens is 3. The van der Waals surface area contributed by atoms with Gasteiger partial charge in [-0.05, 0) is 49.4 Å². The van der Waals surface area contributed by atoms with Crippen molar-refractivity contribution < 1.29 is 4.79 Å². The Kier molecular flexibility index (Phi) is 6.82. The zero-order valence-electron chi connectivity index (χ0n) is 16.1. The normalized spacial score (nSPS) is 22.6. The van der Waals surface area contributed by atoms with Gasteiger partial charge in [-0.15, -0.1) is 10.2 Å². The molecule has 1 aliphatic carbocycles. The Morgan fingerprint density at radius 1 is 1.26 bits per heavy atom. The van der Waals surface area contributed by atoms with Crippen LogP contribution in [0.2, 0.25) is 5.02 Å². The van der Waals surface area contributed by atoms with Gasteiger partial charge in [0.15, 0.2) is 11.0 Å². The highest BCUT2D eigenvalue weighted by Crippen LogP contribution is 2.30. The molecule has 1 aliphatic rings. The van der Waals surface area contributed by atoms with E-state index in [0.717, 1.165) is 29.5 Å². The van der Waals surface area contributed by atoms with Crippen molar-refractivity contribution >= 4 is 29.3 Å². The second-order valence-corrected chi connectivity index (χ2v) is 8.67. The van der Waals surface area contributed by atoms with Crippen molar-refractivity contribution in [1.29, 1.82) is 0 Å². The number of carbonyl (C=O) groups is 1. The van der Waals surface area contributed by atoms with Crippen molar-refractivity contribution in [2.45, 2.75) is 57.8 Å². The molecule has 1 amide bonds. The molecule has 27 heavy (non-hydrogen) atoms. The molecule has 1 heterocycles. The lowest BCUT2D eigenvalue weighted by Gasteiger charge is -2.34. The Labute approximate surface area is 170 Å². The van der Waals surface area contributed by atoms with Crippen LogP contribution in [0.15, 0.2) is 29.4 Å². The summed E-state index contributed by atoms with van der Waals surface area (Å²) in [5, 5.41) is 13.3. The Hall–Kier alpha value is -1.53. The van der Waals surface area contributed by atoms with Crippen LogP contribution >= 0.6 is 23.4 Å². The first-order valence-corrected chi connectivity index (χ1v) is 11.0. The number of hydrogen-bond donors (Lipinski definition) is 1. The maximum atomic E-state index is 12.4. The van der Waals surface area contributed by atoms with Crippen molar-refractivity contribution in [3.63, 3.8) is 0 Å². The van der Waals surface area contributed by atoms with Crippen molar-refractivity contribution in [3.8, 4) is 11.4 Å². The van der Waals surface area contributed by atoms with E-state index in [9.17, 15) is 4.79 Å². The van der Waals surface area contributed by atoms with Gasteiger partial charge in [0, 0.05) is 23.2 Å². The Morgan fingerprint density at radius 3 is 2.70 bits per heavy atom. The van der Waals surface area contributed by atoms with Crippen LogP contribution in [-0.4, -0.2) is 32.5 Å². The lowest BCUT2D eigenvalue weighted by molar-refractivity contribution is -0.120. The first kappa shape index (κ1) is 20.2. The van der Waals surface area contributed by atoms with Crippen molar-refractivity contribution in [2.24, 2.45) is 11.8 Å². The number of nitrogens with one attached hydrogen (secondary N) is 1. The largest absolute Gasteiger partial charge is 0.352 e. The third-order valence-electron chi connectivity index (χ3n) is 5.52. The lowest BCUT2D eigenvalue weighted by Crippen LogP contribution is -2.44. The average Bonchev–Trinajstić information content (AvgIpc) is 3.07. The van der Waals surface area contributed by atoms with E-state index >= 15 is 0 Å². The predicted octanol–water partition coefficient (Wildman–Crippen LogP) is 4.65. The van der Waals surface area contributed by atoms with E-state index < -0.39 is 0 Å². The van der Waals surface area contributed by atoms with Gasteiger partial charge in [-0.25, -0.2) is 0 Å². The molecule has 0 bridgehead atoms. The summed E-state index contributed by atoms with van der Waals surface area (Å²) in [5.74, 6) is 2.43. The fourth-order valence-electron chi connectivity index (χ4n) is 3.66. The van der Waals surface area contributed by atoms with E-state index in [1.165, 1.54) is 24.6 Å². The molecule has 0 saturated heterocycles. The van der Waals surface area contributed by atoms with Gasteiger partial charge in [0.1, 0.15) is 0 Å². The standard InChI is InChI=1S/C20H27ClN4OS/c1-4-25-19(15-8-10-16(21)11-9-15)23-24-20(25)27-12-18(26)22-17-7-5-6-13(2)14(17)3/h8-11,13-14,17H,4-7,12H2,1-3H3,(H,22,26). The topological polar surface area (TPSA) is 59.8 Å². The van der Waals surface area contributed by atoms with Crippen LogP contribution in [0.25, 0.3) is 11.4 Å². The Morgan fingerprint density at radius 2 is 2.00 bits per heavy atom. The summed E-state index contributed by atoms with van der Waals surface area (Å²) in [5.41, 5.74) is 0.968. The maximum absolute atomic E-state index is 12.4. The number of hydrogen-bond acceptors (Lipinski definition) is 4. The molecule has 0 radical (unpaired) electrons. The van der Waals surface area contributed by atoms with Crippen LogP contribution in [-0.2, 0) is 11.3 Å². The summed E-state index contributed by atoms with van der Waals surface area (Å²) in [6.45, 7) is 7.32. The molecular formula is C20H27ClN4OS. The summed E-state index contributed by atoms with van der Waals surface area (Å²) in [7, 11) is 0. The lowest BCUT2D eigenvalue weighted by atomic mass is 9.78. The van der Waals surface area contributed by atoms with Gasteiger partial charge in [-0.3, -0.25) is 4.79 Å². The molecule has 3 rings (SSSR count). The maximum Gasteiger partial charge on any atom is 0.230 e. The predicted molar refractivity (Wildman–Crippen MR) is 111 cm³/mol. The fourth-order valence-corrected chi connectivity index (χ4v) is 4.60. The van der Waals surface area contributed by atoms with Crippen molar-refractivity contribution in [2.75, 3.05) is 5.75 Å². The van der Waals surface area contributed by atoms with Crippen LogP contribution in [0.3, 0.4) is 0 Å². The van der Waals surface area contributed by atoms with Crippen LogP contribution < -0.4 is 5.32 Å². The van der Waals surface area contributed by atoms with Crippen LogP contribution in [0, 0.1) is 11.8 Å². The first-order valence-electron chi connectivity index (χ1n) is 9.61. The number of carbonyl (C=O) groups excluding carboxylic acids is 1. The molecule has 146 valence electrons. The van der Waals surface area contributed by atoms with E-state index in [1.54, 1.807) is 0 Å². The minimum absolute atomic E-state index is 0.0737. The number of amides is 1. The van der Waals surface area contributed by atoms with Gasteiger partial charge in [0.05, 0.1) is 5.75 Å². The van der Waals surface area contributed by atoms with E-state index in [-0.39, 0.29) is 11.9 Å². The van der Waals surface area contributed by atoms with Crippen LogP contribution in [0.1, 0.15) is 40.0 Å². The minimum atomic E-state index is 0.0737. The third-order valence-corrected chi connectivity index (χ3v) is 6.74. The molecule has 1 saturated carbocycles. The van der Waals surface area contributed by atoms with Gasteiger partial charge in [0.25, 0.3) is 0 Å². The van der Waals surface area contributed by atoms with Gasteiger partial charge in [-0.2, -0.15) is 0 Å². The average molecular weight is 407 g/mol. The molecule has 1 aromatic heterocycles. The molecular weight excluding hydrogens is 380 g/mol. The quantitative estimate of drug-likeness (QED) is 0.709. The smallest absolute Gasteiger partial charge is 0.230 e. The zero-order valence-corrected chi connectivity index (χ0v) is 17.7. The Balaban J connectivity index is 1.62. The zero-order chi connectivity index (χ0) is 19.4. The van der Waals surface area contributed by atoms with Crippen LogP contribution in [0.5, 0.6) is 0 Å². The second kappa shape index (κ2) is 9.11. The van der Waals surface area contributed by atoms with Crippen LogP contribution in [0.4, 0.5) is 0 Å². The monoisotopic (exact) mass is 406 g/mol. The fraction of sp³-hybridized carbons (Fsp3) is 0.550. The highest BCUT2D eigenvalue weighted by atomic mass is 35.5. The summed E-state index contributed by atoms with van der Waals surface area (Å²) in [6.07, 6.45) is 3.53. The molecule has 5 nitrogen and oxygen atoms in total. The number of nitrogens with zero attached hydrogens (tertiary/aromatic N) is 3. The third kappa shape index (κ3) is 4.85. The minimum Gasteiger partial charge on any atom is -0.352 e. The molecule has 3 atom stereocenters. The first-order chi connectivity index (χ1) is 13.0. The Bertz CT molecular complexity index is 777. The van der Waals surface area contributed by atoms with E-state index in [2.05, 4.69) is 36.3 Å². The molecule has 0 spiro atoms. The number of halogens is 1. The summed E-state index contributed by atoms with van der Waals surface area (Å²) in [6, 6.07) is 7.85. The highest BCUT2D eigenvalue weighted by molar-refractivity contribution is 7.99. The molecule has 3 unspecified atom stereocenters. The van der Waals surface area contributed by atoms with Gasteiger partial charge in [-0.1, -0.05) is 50.1 Å². The molecule has 2 aromatic rings. The van der Waals surface area contributed by atoms with E-state index in [0.29, 0.717) is 22.6 Å². The summed E-state index contributed by atoms with van der Waals surface area (Å²) in [4.78, 5) is 12.4. The van der Waals surface area contributed by atoms with Crippen molar-refractivity contribution in [3.05, 3.63) is 29.3 Å². The highest BCUT2D eigenvalue weighted by Gasteiger charge is 2.28. The second-order valence-electron chi connectivity index (χ2n) is 7.29. The SMILES string of the molecule is CCn1c(SCC(=O)NC2CCCC(C)C2C)nnc1-c1ccc(Cl)cc1. The summed E-state index contributed by atoms with van der Waals surface area (Å²) < 4.78 is 2.03. The molecule has 0 aliphatic heterocycles. The molecule has 1 fully saturated rings. The van der Waals surface area contributed by atoms with E-state index in [4.69, 9.17) is 11.6 Å². The van der Waals surface area contributed by atoms with E-state index in [1.807, 2.05) is 28.8 Å². The number of rotatable bonds is 6. The number of benzene rings is 1. The molecule has 7 heteroatoms. The number of thioether (sulfide) groups is 1. The molecule has 1 aromatic carbocycles.